The van der Waals surface area contributed by atoms with Crippen LogP contribution in [-0.2, 0) is 6.54 Å². The zero-order valence-corrected chi connectivity index (χ0v) is 7.46. The van der Waals surface area contributed by atoms with Crippen LogP contribution in [0.2, 0.25) is 0 Å². The van der Waals surface area contributed by atoms with Crippen molar-refractivity contribution in [2.45, 2.75) is 6.54 Å². The molecule has 0 aliphatic rings. The number of aromatic hydroxyl groups is 1. The smallest absolute Gasteiger partial charge is 0.139 e. The number of hydrogen-bond donors (Lipinski definition) is 2. The van der Waals surface area contributed by atoms with Crippen molar-refractivity contribution >= 4 is 0 Å². The van der Waals surface area contributed by atoms with Crippen molar-refractivity contribution in [2.75, 3.05) is 0 Å². The van der Waals surface area contributed by atoms with E-state index in [9.17, 15) is 5.11 Å². The molecular formula is C9H10N4O. The van der Waals surface area contributed by atoms with Crippen molar-refractivity contribution in [2.24, 2.45) is 5.73 Å². The Morgan fingerprint density at radius 1 is 1.29 bits per heavy atom. The zero-order valence-electron chi connectivity index (χ0n) is 7.46. The molecule has 0 aliphatic heterocycles. The Labute approximate surface area is 80.8 Å². The standard InChI is InChI=1S/C9H10N4O/c10-4-7-1-2-9(14)8(3-7)13-5-11-12-6-13/h1-3,5-6,14H,4,10H2. The molecule has 0 saturated carbocycles. The Kier molecular flexibility index (Phi) is 2.16. The molecule has 0 saturated heterocycles. The van der Waals surface area contributed by atoms with Crippen molar-refractivity contribution in [1.29, 1.82) is 0 Å². The van der Waals surface area contributed by atoms with E-state index in [1.165, 1.54) is 12.7 Å². The van der Waals surface area contributed by atoms with Crippen molar-refractivity contribution in [3.63, 3.8) is 0 Å². The van der Waals surface area contributed by atoms with Gasteiger partial charge in [0.15, 0.2) is 0 Å². The predicted molar refractivity (Wildman–Crippen MR) is 50.9 cm³/mol. The molecule has 3 N–H and O–H groups in total. The minimum Gasteiger partial charge on any atom is -0.506 e. The monoisotopic (exact) mass is 190 g/mol. The van der Waals surface area contributed by atoms with Gasteiger partial charge >= 0.3 is 0 Å². The molecule has 0 spiro atoms. The molecule has 5 heteroatoms. The van der Waals surface area contributed by atoms with Crippen LogP contribution < -0.4 is 5.73 Å². The van der Waals surface area contributed by atoms with Crippen LogP contribution in [-0.4, -0.2) is 19.9 Å². The summed E-state index contributed by atoms with van der Waals surface area (Å²) in [6.07, 6.45) is 3.05. The summed E-state index contributed by atoms with van der Waals surface area (Å²) < 4.78 is 1.63. The van der Waals surface area contributed by atoms with E-state index in [4.69, 9.17) is 5.73 Å². The summed E-state index contributed by atoms with van der Waals surface area (Å²) in [5.74, 6) is 0.182. The number of aromatic nitrogens is 3. The molecule has 0 bridgehead atoms. The van der Waals surface area contributed by atoms with Crippen LogP contribution in [0.5, 0.6) is 5.75 Å². The number of nitrogens with two attached hydrogens (primary N) is 1. The summed E-state index contributed by atoms with van der Waals surface area (Å²) in [7, 11) is 0. The van der Waals surface area contributed by atoms with E-state index in [2.05, 4.69) is 10.2 Å². The highest BCUT2D eigenvalue weighted by Crippen LogP contribution is 2.21. The van der Waals surface area contributed by atoms with Gasteiger partial charge < -0.3 is 10.8 Å². The lowest BCUT2D eigenvalue weighted by Crippen LogP contribution is -1.98. The zero-order chi connectivity index (χ0) is 9.97. The molecule has 1 heterocycles. The van der Waals surface area contributed by atoms with E-state index >= 15 is 0 Å². The topological polar surface area (TPSA) is 77.0 Å². The average molecular weight is 190 g/mol. The SMILES string of the molecule is NCc1ccc(O)c(-n2cnnc2)c1. The summed E-state index contributed by atoms with van der Waals surface area (Å²) in [6.45, 7) is 0.440. The number of phenolic OH excluding ortho intramolecular Hbond substituents is 1. The Hall–Kier alpha value is -1.88. The second kappa shape index (κ2) is 3.47. The highest BCUT2D eigenvalue weighted by atomic mass is 16.3. The maximum Gasteiger partial charge on any atom is 0.139 e. The summed E-state index contributed by atoms with van der Waals surface area (Å²) in [4.78, 5) is 0. The maximum atomic E-state index is 9.59. The number of nitrogens with zero attached hydrogens (tertiary/aromatic N) is 3. The maximum absolute atomic E-state index is 9.59. The van der Waals surface area contributed by atoms with Gasteiger partial charge in [-0.3, -0.25) is 4.57 Å². The molecule has 14 heavy (non-hydrogen) atoms. The quantitative estimate of drug-likeness (QED) is 0.720. The Morgan fingerprint density at radius 3 is 2.64 bits per heavy atom. The Bertz CT molecular complexity index is 424. The number of rotatable bonds is 2. The first-order chi connectivity index (χ1) is 6.81. The van der Waals surface area contributed by atoms with Gasteiger partial charge in [-0.1, -0.05) is 6.07 Å². The molecule has 2 rings (SSSR count). The molecule has 0 atom stereocenters. The number of phenols is 1. The van der Waals surface area contributed by atoms with Crippen LogP contribution in [0.3, 0.4) is 0 Å². The third-order valence-corrected chi connectivity index (χ3v) is 1.97. The highest BCUT2D eigenvalue weighted by molar-refractivity contribution is 5.47. The molecule has 0 amide bonds. The van der Waals surface area contributed by atoms with Gasteiger partial charge in [-0.15, -0.1) is 10.2 Å². The summed E-state index contributed by atoms with van der Waals surface area (Å²) in [5, 5.41) is 16.9. The lowest BCUT2D eigenvalue weighted by atomic mass is 10.2. The van der Waals surface area contributed by atoms with Gasteiger partial charge in [0.25, 0.3) is 0 Å². The highest BCUT2D eigenvalue weighted by Gasteiger charge is 2.03. The van der Waals surface area contributed by atoms with Gasteiger partial charge in [0, 0.05) is 6.54 Å². The summed E-state index contributed by atoms with van der Waals surface area (Å²) in [5.41, 5.74) is 7.09. The molecule has 0 aliphatic carbocycles. The lowest BCUT2D eigenvalue weighted by Gasteiger charge is -2.06. The fourth-order valence-electron chi connectivity index (χ4n) is 1.23. The summed E-state index contributed by atoms with van der Waals surface area (Å²) in [6, 6.07) is 5.19. The molecule has 1 aromatic heterocycles. The van der Waals surface area contributed by atoms with Crippen molar-refractivity contribution in [3.05, 3.63) is 36.4 Å². The largest absolute Gasteiger partial charge is 0.506 e. The molecular weight excluding hydrogens is 180 g/mol. The van der Waals surface area contributed by atoms with E-state index in [1.54, 1.807) is 22.8 Å². The molecule has 1 aromatic carbocycles. The van der Waals surface area contributed by atoms with E-state index in [1.807, 2.05) is 0 Å². The predicted octanol–water partition coefficient (Wildman–Crippen LogP) is 0.432. The molecule has 5 nitrogen and oxygen atoms in total. The third-order valence-electron chi connectivity index (χ3n) is 1.97. The van der Waals surface area contributed by atoms with Gasteiger partial charge in [0.2, 0.25) is 0 Å². The normalized spacial score (nSPS) is 10.4. The van der Waals surface area contributed by atoms with Gasteiger partial charge in [-0.25, -0.2) is 0 Å². The Balaban J connectivity index is 2.51. The average Bonchev–Trinajstić information content (AvgIpc) is 2.71. The fourth-order valence-corrected chi connectivity index (χ4v) is 1.23. The molecule has 0 radical (unpaired) electrons. The van der Waals surface area contributed by atoms with Crippen LogP contribution in [0, 0.1) is 0 Å². The first kappa shape index (κ1) is 8.71. The minimum atomic E-state index is 0.182. The van der Waals surface area contributed by atoms with Crippen molar-refractivity contribution < 1.29 is 5.11 Å². The molecule has 0 unspecified atom stereocenters. The fraction of sp³-hybridized carbons (Fsp3) is 0.111. The lowest BCUT2D eigenvalue weighted by molar-refractivity contribution is 0.472. The second-order valence-corrected chi connectivity index (χ2v) is 2.90. The van der Waals surface area contributed by atoms with Crippen molar-refractivity contribution in [3.8, 4) is 11.4 Å². The van der Waals surface area contributed by atoms with Gasteiger partial charge in [-0.05, 0) is 17.7 Å². The summed E-state index contributed by atoms with van der Waals surface area (Å²) >= 11 is 0. The number of benzene rings is 1. The van der Waals surface area contributed by atoms with Gasteiger partial charge in [0.1, 0.15) is 18.4 Å². The van der Waals surface area contributed by atoms with Gasteiger partial charge in [0.05, 0.1) is 5.69 Å². The third kappa shape index (κ3) is 1.45. The number of hydrogen-bond acceptors (Lipinski definition) is 4. The molecule has 0 fully saturated rings. The van der Waals surface area contributed by atoms with Crippen LogP contribution in [0.1, 0.15) is 5.56 Å². The van der Waals surface area contributed by atoms with Crippen molar-refractivity contribution in [1.82, 2.24) is 14.8 Å². The van der Waals surface area contributed by atoms with E-state index < -0.39 is 0 Å². The van der Waals surface area contributed by atoms with Crippen LogP contribution in [0.4, 0.5) is 0 Å². The van der Waals surface area contributed by atoms with E-state index in [0.717, 1.165) is 5.56 Å². The second-order valence-electron chi connectivity index (χ2n) is 2.90. The van der Waals surface area contributed by atoms with Crippen LogP contribution >= 0.6 is 0 Å². The first-order valence-corrected chi connectivity index (χ1v) is 4.18. The first-order valence-electron chi connectivity index (χ1n) is 4.18. The van der Waals surface area contributed by atoms with E-state index in [-0.39, 0.29) is 5.75 Å². The molecule has 72 valence electrons. The van der Waals surface area contributed by atoms with Crippen LogP contribution in [0.15, 0.2) is 30.9 Å². The Morgan fingerprint density at radius 2 is 2.00 bits per heavy atom. The molecule has 2 aromatic rings. The van der Waals surface area contributed by atoms with E-state index in [0.29, 0.717) is 12.2 Å². The van der Waals surface area contributed by atoms with Gasteiger partial charge in [-0.2, -0.15) is 0 Å². The van der Waals surface area contributed by atoms with Crippen LogP contribution in [0.25, 0.3) is 5.69 Å². The minimum absolute atomic E-state index is 0.182.